The van der Waals surface area contributed by atoms with Crippen LogP contribution in [0, 0.1) is 5.41 Å². The van der Waals surface area contributed by atoms with Gasteiger partial charge in [0.25, 0.3) is 0 Å². The van der Waals surface area contributed by atoms with Crippen LogP contribution in [0.2, 0.25) is 0 Å². The summed E-state index contributed by atoms with van der Waals surface area (Å²) >= 11 is 0. The number of alkyl halides is 3. The molecule has 1 N–H and O–H groups in total. The third-order valence-corrected chi connectivity index (χ3v) is 3.54. The summed E-state index contributed by atoms with van der Waals surface area (Å²) in [5.74, 6) is 0. The molecule has 2 nitrogen and oxygen atoms in total. The summed E-state index contributed by atoms with van der Waals surface area (Å²) in [6, 6.07) is -1.78. The Labute approximate surface area is 97.6 Å². The Morgan fingerprint density at radius 3 is 1.56 bits per heavy atom. The fraction of sp³-hybridized carbons (Fsp3) is 1.00. The second-order valence-electron chi connectivity index (χ2n) is 5.84. The highest BCUT2D eigenvalue weighted by molar-refractivity contribution is 7.84. The molecule has 0 rings (SSSR count). The first-order valence-electron chi connectivity index (χ1n) is 5.01. The maximum Gasteiger partial charge on any atom is 0.405 e. The van der Waals surface area contributed by atoms with E-state index in [1.165, 1.54) is 20.8 Å². The van der Waals surface area contributed by atoms with Gasteiger partial charge in [-0.05, 0) is 26.2 Å². The van der Waals surface area contributed by atoms with Crippen molar-refractivity contribution in [1.82, 2.24) is 4.72 Å². The van der Waals surface area contributed by atoms with Gasteiger partial charge in [0.2, 0.25) is 0 Å². The second kappa shape index (κ2) is 4.64. The van der Waals surface area contributed by atoms with Gasteiger partial charge >= 0.3 is 6.18 Å². The van der Waals surface area contributed by atoms with E-state index < -0.39 is 33.4 Å². The third-order valence-electron chi connectivity index (χ3n) is 1.97. The van der Waals surface area contributed by atoms with E-state index in [9.17, 15) is 17.4 Å². The molecular weight excluding hydrogens is 239 g/mol. The normalized spacial score (nSPS) is 18.3. The molecule has 0 saturated carbocycles. The molecule has 98 valence electrons. The zero-order valence-electron chi connectivity index (χ0n) is 10.5. The van der Waals surface area contributed by atoms with E-state index in [1.807, 2.05) is 0 Å². The van der Waals surface area contributed by atoms with Gasteiger partial charge in [0.15, 0.2) is 0 Å². The first-order valence-corrected chi connectivity index (χ1v) is 6.16. The summed E-state index contributed by atoms with van der Waals surface area (Å²) in [4.78, 5) is 0. The first-order chi connectivity index (χ1) is 6.76. The van der Waals surface area contributed by atoms with Crippen LogP contribution in [0.4, 0.5) is 13.2 Å². The minimum absolute atomic E-state index is 0.714. The molecular formula is C10H20F3NOS. The zero-order chi connectivity index (χ0) is 13.4. The summed E-state index contributed by atoms with van der Waals surface area (Å²) in [7, 11) is -1.73. The molecule has 0 amide bonds. The van der Waals surface area contributed by atoms with Crippen molar-refractivity contribution >= 4 is 11.0 Å². The Bertz CT molecular complexity index is 249. The molecule has 0 aromatic carbocycles. The van der Waals surface area contributed by atoms with Crippen LogP contribution >= 0.6 is 0 Å². The maximum absolute atomic E-state index is 12.8. The molecule has 0 aliphatic carbocycles. The molecule has 0 bridgehead atoms. The molecule has 0 radical (unpaired) electrons. The summed E-state index contributed by atoms with van der Waals surface area (Å²) < 4.78 is 51.4. The number of halogens is 3. The highest BCUT2D eigenvalue weighted by atomic mass is 32.2. The highest BCUT2D eigenvalue weighted by Gasteiger charge is 2.48. The molecule has 2 atom stereocenters. The van der Waals surface area contributed by atoms with Crippen LogP contribution < -0.4 is 4.72 Å². The predicted molar refractivity (Wildman–Crippen MR) is 60.3 cm³/mol. The number of rotatable bonds is 2. The van der Waals surface area contributed by atoms with Gasteiger partial charge in [-0.2, -0.15) is 13.2 Å². The quantitative estimate of drug-likeness (QED) is 0.811. The predicted octanol–water partition coefficient (Wildman–Crippen LogP) is 3.02. The van der Waals surface area contributed by atoms with Gasteiger partial charge in [0, 0.05) is 0 Å². The Morgan fingerprint density at radius 1 is 1.00 bits per heavy atom. The highest BCUT2D eigenvalue weighted by Crippen LogP contribution is 2.34. The molecule has 0 aromatic rings. The van der Waals surface area contributed by atoms with Gasteiger partial charge in [-0.1, -0.05) is 20.8 Å². The average Bonchev–Trinajstić information content (AvgIpc) is 1.92. The molecule has 0 fully saturated rings. The summed E-state index contributed by atoms with van der Waals surface area (Å²) in [6.07, 6.45) is -4.40. The number of nitrogens with one attached hydrogen (secondary N) is 1. The SMILES string of the molecule is CC(C)(C)[C@H](N[S@](=O)C(C)(C)C)C(F)(F)F. The molecule has 0 aromatic heterocycles. The van der Waals surface area contributed by atoms with E-state index in [0.29, 0.717) is 0 Å². The molecule has 16 heavy (non-hydrogen) atoms. The molecule has 0 aliphatic rings. The Morgan fingerprint density at radius 2 is 1.38 bits per heavy atom. The van der Waals surface area contributed by atoms with Crippen molar-refractivity contribution in [2.24, 2.45) is 5.41 Å². The van der Waals surface area contributed by atoms with Crippen LogP contribution in [0.1, 0.15) is 41.5 Å². The Kier molecular flexibility index (Phi) is 4.61. The van der Waals surface area contributed by atoms with Crippen molar-refractivity contribution in [1.29, 1.82) is 0 Å². The Hall–Kier alpha value is -0.100. The topological polar surface area (TPSA) is 29.1 Å². The lowest BCUT2D eigenvalue weighted by atomic mass is 9.87. The van der Waals surface area contributed by atoms with Crippen molar-refractivity contribution in [3.05, 3.63) is 0 Å². The van der Waals surface area contributed by atoms with Crippen LogP contribution in [0.3, 0.4) is 0 Å². The van der Waals surface area contributed by atoms with Gasteiger partial charge in [-0.25, -0.2) is 8.93 Å². The lowest BCUT2D eigenvalue weighted by Crippen LogP contribution is -2.54. The second-order valence-corrected chi connectivity index (χ2v) is 7.84. The molecule has 0 aliphatic heterocycles. The molecule has 0 heterocycles. The fourth-order valence-corrected chi connectivity index (χ4v) is 2.07. The van der Waals surface area contributed by atoms with Crippen molar-refractivity contribution in [2.45, 2.75) is 58.5 Å². The van der Waals surface area contributed by atoms with Gasteiger partial charge in [-0.3, -0.25) is 0 Å². The minimum Gasteiger partial charge on any atom is -0.242 e. The van der Waals surface area contributed by atoms with Crippen molar-refractivity contribution in [3.8, 4) is 0 Å². The van der Waals surface area contributed by atoms with Gasteiger partial charge in [0.05, 0.1) is 15.7 Å². The standard InChI is InChI=1S/C10H20F3NOS/c1-8(2,3)7(10(11,12)13)14-16(15)9(4,5)6/h7,14H,1-6H3/t7-,16+/m0/s1. The lowest BCUT2D eigenvalue weighted by molar-refractivity contribution is -0.172. The Balaban J connectivity index is 4.93. The van der Waals surface area contributed by atoms with Crippen LogP contribution in [0.25, 0.3) is 0 Å². The van der Waals surface area contributed by atoms with Gasteiger partial charge in [0.1, 0.15) is 6.04 Å². The minimum atomic E-state index is -4.40. The van der Waals surface area contributed by atoms with E-state index in [2.05, 4.69) is 4.72 Å². The summed E-state index contributed by atoms with van der Waals surface area (Å²) in [6.45, 7) is 9.30. The van der Waals surface area contributed by atoms with Crippen molar-refractivity contribution < 1.29 is 17.4 Å². The monoisotopic (exact) mass is 259 g/mol. The molecule has 0 saturated heterocycles. The van der Waals surface area contributed by atoms with E-state index in [-0.39, 0.29) is 0 Å². The fourth-order valence-electron chi connectivity index (χ4n) is 1.02. The summed E-state index contributed by atoms with van der Waals surface area (Å²) in [5, 5.41) is 0. The largest absolute Gasteiger partial charge is 0.405 e. The first kappa shape index (κ1) is 15.9. The zero-order valence-corrected chi connectivity index (χ0v) is 11.3. The van der Waals surface area contributed by atoms with E-state index in [1.54, 1.807) is 20.8 Å². The average molecular weight is 259 g/mol. The molecule has 0 spiro atoms. The van der Waals surface area contributed by atoms with Crippen LogP contribution in [-0.4, -0.2) is 21.2 Å². The van der Waals surface area contributed by atoms with Gasteiger partial charge < -0.3 is 0 Å². The van der Waals surface area contributed by atoms with Crippen molar-refractivity contribution in [2.75, 3.05) is 0 Å². The van der Waals surface area contributed by atoms with Crippen LogP contribution in [-0.2, 0) is 11.0 Å². The van der Waals surface area contributed by atoms with E-state index in [4.69, 9.17) is 0 Å². The van der Waals surface area contributed by atoms with Crippen LogP contribution in [0.5, 0.6) is 0 Å². The lowest BCUT2D eigenvalue weighted by Gasteiger charge is -2.34. The molecule has 0 unspecified atom stereocenters. The van der Waals surface area contributed by atoms with E-state index in [0.717, 1.165) is 0 Å². The summed E-state index contributed by atoms with van der Waals surface area (Å²) in [5.41, 5.74) is -1.03. The van der Waals surface area contributed by atoms with Gasteiger partial charge in [-0.15, -0.1) is 0 Å². The van der Waals surface area contributed by atoms with E-state index >= 15 is 0 Å². The molecule has 6 heteroatoms. The maximum atomic E-state index is 12.8. The number of hydrogen-bond acceptors (Lipinski definition) is 1. The smallest absolute Gasteiger partial charge is 0.242 e. The van der Waals surface area contributed by atoms with Crippen LogP contribution in [0.15, 0.2) is 0 Å². The van der Waals surface area contributed by atoms with Crippen molar-refractivity contribution in [3.63, 3.8) is 0 Å². The number of hydrogen-bond donors (Lipinski definition) is 1. The third kappa shape index (κ3) is 4.82.